The summed E-state index contributed by atoms with van der Waals surface area (Å²) < 4.78 is 80.3. The fraction of sp³-hybridized carbons (Fsp3) is 0.571. The highest BCUT2D eigenvalue weighted by molar-refractivity contribution is 5.85. The summed E-state index contributed by atoms with van der Waals surface area (Å²) in [5.41, 5.74) is 0.217. The van der Waals surface area contributed by atoms with Crippen LogP contribution in [0.1, 0.15) is 11.6 Å². The Labute approximate surface area is 153 Å². The van der Waals surface area contributed by atoms with E-state index in [0.717, 1.165) is 12.1 Å². The van der Waals surface area contributed by atoms with Gasteiger partial charge in [0.1, 0.15) is 5.75 Å². The third-order valence-electron chi connectivity index (χ3n) is 3.51. The quantitative estimate of drug-likeness (QED) is 0.712. The molecule has 1 atom stereocenters. The smallest absolute Gasteiger partial charge is 0.428 e. The minimum atomic E-state index is -4.62. The molecule has 2 rings (SSSR count). The third kappa shape index (κ3) is 6.40. The molecule has 1 aromatic rings. The summed E-state index contributed by atoms with van der Waals surface area (Å²) in [4.78, 5) is 1.59. The van der Waals surface area contributed by atoms with Crippen LogP contribution >= 0.6 is 24.8 Å². The van der Waals surface area contributed by atoms with E-state index in [1.54, 1.807) is 4.90 Å². The average Bonchev–Trinajstić information content (AvgIpc) is 2.49. The molecular formula is C14H18Cl2F6N2O. The molecule has 0 amide bonds. The molecule has 1 heterocycles. The zero-order valence-corrected chi connectivity index (χ0v) is 14.4. The molecule has 1 aromatic carbocycles. The Morgan fingerprint density at radius 2 is 1.48 bits per heavy atom. The van der Waals surface area contributed by atoms with Crippen molar-refractivity contribution in [1.82, 2.24) is 10.2 Å². The maximum Gasteiger partial charge on any atom is 0.461 e. The van der Waals surface area contributed by atoms with Crippen LogP contribution in [0.4, 0.5) is 26.3 Å². The highest BCUT2D eigenvalue weighted by Gasteiger charge is 2.44. The minimum absolute atomic E-state index is 0. The van der Waals surface area contributed by atoms with Crippen LogP contribution in [-0.4, -0.2) is 50.0 Å². The molecule has 0 radical (unpaired) electrons. The van der Waals surface area contributed by atoms with E-state index in [9.17, 15) is 26.3 Å². The van der Waals surface area contributed by atoms with Gasteiger partial charge in [0.2, 0.25) is 0 Å². The predicted molar refractivity (Wildman–Crippen MR) is 85.7 cm³/mol. The Kier molecular flexibility index (Phi) is 9.93. The van der Waals surface area contributed by atoms with Crippen molar-refractivity contribution in [3.05, 3.63) is 29.8 Å². The highest BCUT2D eigenvalue weighted by atomic mass is 35.5. The second kappa shape index (κ2) is 10.3. The molecular weight excluding hydrogens is 397 g/mol. The zero-order valence-electron chi connectivity index (χ0n) is 12.8. The molecule has 0 aromatic heterocycles. The Morgan fingerprint density at radius 1 is 0.960 bits per heavy atom. The van der Waals surface area contributed by atoms with E-state index in [0.29, 0.717) is 26.2 Å². The highest BCUT2D eigenvalue weighted by Crippen LogP contribution is 2.31. The lowest BCUT2D eigenvalue weighted by atomic mass is 10.0. The SMILES string of the molecule is Cl.Cl.FC(F)[C@H](c1ccc(OC(F)(F)C(F)F)cc1)N1CCNCC1. The predicted octanol–water partition coefficient (Wildman–Crippen LogP) is 3.98. The van der Waals surface area contributed by atoms with Crippen molar-refractivity contribution in [2.45, 2.75) is 25.0 Å². The lowest BCUT2D eigenvalue weighted by molar-refractivity contribution is -0.253. The lowest BCUT2D eigenvalue weighted by Gasteiger charge is -2.34. The largest absolute Gasteiger partial charge is 0.461 e. The second-order valence-corrected chi connectivity index (χ2v) is 5.10. The molecule has 1 aliphatic rings. The number of ether oxygens (including phenoxy) is 1. The van der Waals surface area contributed by atoms with Gasteiger partial charge in [0.25, 0.3) is 6.43 Å². The molecule has 0 saturated carbocycles. The van der Waals surface area contributed by atoms with E-state index in [1.807, 2.05) is 0 Å². The van der Waals surface area contributed by atoms with E-state index >= 15 is 0 Å². The first-order valence-corrected chi connectivity index (χ1v) is 6.99. The van der Waals surface area contributed by atoms with Crippen molar-refractivity contribution < 1.29 is 31.1 Å². The van der Waals surface area contributed by atoms with Crippen molar-refractivity contribution in [3.63, 3.8) is 0 Å². The number of piperazine rings is 1. The molecule has 0 unspecified atom stereocenters. The summed E-state index contributed by atoms with van der Waals surface area (Å²) in [7, 11) is 0. The number of hydrogen-bond donors (Lipinski definition) is 1. The van der Waals surface area contributed by atoms with Crippen LogP contribution in [-0.2, 0) is 0 Å². The van der Waals surface area contributed by atoms with Gasteiger partial charge in [0, 0.05) is 26.2 Å². The molecule has 0 bridgehead atoms. The number of nitrogens with zero attached hydrogens (tertiary/aromatic N) is 1. The summed E-state index contributed by atoms with van der Waals surface area (Å²) in [5.74, 6) is -0.507. The van der Waals surface area contributed by atoms with Crippen LogP contribution in [0.2, 0.25) is 0 Å². The first-order valence-electron chi connectivity index (χ1n) is 6.99. The second-order valence-electron chi connectivity index (χ2n) is 5.10. The number of hydrogen-bond acceptors (Lipinski definition) is 3. The summed E-state index contributed by atoms with van der Waals surface area (Å²) >= 11 is 0. The van der Waals surface area contributed by atoms with E-state index in [1.165, 1.54) is 12.1 Å². The van der Waals surface area contributed by atoms with Crippen LogP contribution in [0.25, 0.3) is 0 Å². The minimum Gasteiger partial charge on any atom is -0.428 e. The van der Waals surface area contributed by atoms with Gasteiger partial charge in [-0.3, -0.25) is 4.90 Å². The average molecular weight is 415 g/mol. The Morgan fingerprint density at radius 3 is 1.92 bits per heavy atom. The van der Waals surface area contributed by atoms with Gasteiger partial charge in [0.15, 0.2) is 0 Å². The van der Waals surface area contributed by atoms with Crippen LogP contribution in [0, 0.1) is 0 Å². The van der Waals surface area contributed by atoms with Crippen molar-refractivity contribution in [1.29, 1.82) is 0 Å². The monoisotopic (exact) mass is 414 g/mol. The van der Waals surface area contributed by atoms with Crippen molar-refractivity contribution in [3.8, 4) is 5.75 Å². The number of rotatable bonds is 6. The van der Waals surface area contributed by atoms with Gasteiger partial charge in [-0.15, -0.1) is 24.8 Å². The van der Waals surface area contributed by atoms with Crippen LogP contribution in [0.15, 0.2) is 24.3 Å². The molecule has 3 nitrogen and oxygen atoms in total. The van der Waals surface area contributed by atoms with E-state index in [2.05, 4.69) is 10.1 Å². The van der Waals surface area contributed by atoms with Gasteiger partial charge in [0.05, 0.1) is 6.04 Å². The molecule has 146 valence electrons. The fourth-order valence-electron chi connectivity index (χ4n) is 2.41. The Hall–Kier alpha value is -0.900. The molecule has 1 N–H and O–H groups in total. The number of nitrogens with one attached hydrogen (secondary N) is 1. The summed E-state index contributed by atoms with van der Waals surface area (Å²) in [6, 6.07) is 3.18. The van der Waals surface area contributed by atoms with Crippen LogP contribution in [0.3, 0.4) is 0 Å². The number of benzene rings is 1. The number of halogens is 8. The van der Waals surface area contributed by atoms with E-state index in [-0.39, 0.29) is 30.4 Å². The van der Waals surface area contributed by atoms with E-state index < -0.39 is 30.8 Å². The van der Waals surface area contributed by atoms with Gasteiger partial charge in [-0.1, -0.05) is 12.1 Å². The first kappa shape index (κ1) is 24.1. The van der Waals surface area contributed by atoms with Crippen LogP contribution in [0.5, 0.6) is 5.75 Å². The molecule has 1 aliphatic heterocycles. The molecule has 11 heteroatoms. The topological polar surface area (TPSA) is 24.5 Å². The summed E-state index contributed by atoms with van der Waals surface area (Å²) in [6.45, 7) is 2.00. The van der Waals surface area contributed by atoms with Crippen molar-refractivity contribution >= 4 is 24.8 Å². The van der Waals surface area contributed by atoms with Crippen molar-refractivity contribution in [2.75, 3.05) is 26.2 Å². The standard InChI is InChI=1S/C14H16F6N2O.2ClH/c15-12(16)11(22-7-5-21-6-8-22)9-1-3-10(4-2-9)23-14(19,20)13(17)18;;/h1-4,11-13,21H,5-8H2;2*1H/t11-;;/m0../s1. The van der Waals surface area contributed by atoms with Gasteiger partial charge in [-0.25, -0.2) is 8.78 Å². The zero-order chi connectivity index (χ0) is 17.0. The van der Waals surface area contributed by atoms with Gasteiger partial charge < -0.3 is 10.1 Å². The lowest BCUT2D eigenvalue weighted by Crippen LogP contribution is -2.46. The maximum atomic E-state index is 13.3. The van der Waals surface area contributed by atoms with Crippen molar-refractivity contribution in [2.24, 2.45) is 0 Å². The molecule has 1 saturated heterocycles. The fourth-order valence-corrected chi connectivity index (χ4v) is 2.41. The third-order valence-corrected chi connectivity index (χ3v) is 3.51. The van der Waals surface area contributed by atoms with Gasteiger partial charge in [-0.05, 0) is 17.7 Å². The normalized spacial score (nSPS) is 17.0. The summed E-state index contributed by atoms with van der Waals surface area (Å²) in [5, 5.41) is 3.04. The Balaban J connectivity index is 0.00000288. The number of alkyl halides is 6. The molecule has 0 spiro atoms. The van der Waals surface area contributed by atoms with Gasteiger partial charge >= 0.3 is 12.5 Å². The van der Waals surface area contributed by atoms with Gasteiger partial charge in [-0.2, -0.15) is 17.6 Å². The molecule has 0 aliphatic carbocycles. The maximum absolute atomic E-state index is 13.3. The van der Waals surface area contributed by atoms with Crippen LogP contribution < -0.4 is 10.1 Å². The molecule has 25 heavy (non-hydrogen) atoms. The Bertz CT molecular complexity index is 501. The first-order chi connectivity index (χ1) is 10.8. The van der Waals surface area contributed by atoms with E-state index in [4.69, 9.17) is 0 Å². The summed E-state index contributed by atoms with van der Waals surface area (Å²) in [6.07, 6.45) is -11.3. The molecule has 1 fully saturated rings.